The van der Waals surface area contributed by atoms with Crippen LogP contribution in [0.1, 0.15) is 10.6 Å². The summed E-state index contributed by atoms with van der Waals surface area (Å²) in [6.45, 7) is 0.0913. The van der Waals surface area contributed by atoms with Gasteiger partial charge in [-0.15, -0.1) is 22.7 Å². The van der Waals surface area contributed by atoms with Crippen molar-refractivity contribution in [2.45, 2.75) is 6.54 Å². The number of carbonyl (C=O) groups is 2. The highest BCUT2D eigenvalue weighted by molar-refractivity contribution is 7.15. The van der Waals surface area contributed by atoms with E-state index < -0.39 is 5.97 Å². The first-order chi connectivity index (χ1) is 11.6. The normalized spacial score (nSPS) is 11.2. The number of ether oxygens (including phenoxy) is 1. The third-order valence-corrected chi connectivity index (χ3v) is 4.93. The lowest BCUT2D eigenvalue weighted by Crippen LogP contribution is -2.27. The molecule has 3 heterocycles. The number of nitrogens with zero attached hydrogens (tertiary/aromatic N) is 2. The fraction of sp³-hybridized carbons (Fsp3) is 0.133. The van der Waals surface area contributed by atoms with Crippen LogP contribution in [0.15, 0.2) is 35.2 Å². The van der Waals surface area contributed by atoms with E-state index in [4.69, 9.17) is 16.3 Å². The summed E-state index contributed by atoms with van der Waals surface area (Å²) in [5, 5.41) is 6.78. The van der Waals surface area contributed by atoms with Crippen molar-refractivity contribution in [2.24, 2.45) is 0 Å². The number of hydrogen-bond acceptors (Lipinski definition) is 6. The predicted molar refractivity (Wildman–Crippen MR) is 94.2 cm³/mol. The first kappa shape index (κ1) is 16.7. The van der Waals surface area contributed by atoms with Gasteiger partial charge in [0, 0.05) is 22.5 Å². The first-order valence-corrected chi connectivity index (χ1v) is 9.02. The van der Waals surface area contributed by atoms with E-state index in [-0.39, 0.29) is 12.5 Å². The van der Waals surface area contributed by atoms with Gasteiger partial charge in [0.1, 0.15) is 0 Å². The third-order valence-electron chi connectivity index (χ3n) is 3.02. The van der Waals surface area contributed by atoms with Crippen LogP contribution in [0, 0.1) is 0 Å². The van der Waals surface area contributed by atoms with Gasteiger partial charge >= 0.3 is 5.97 Å². The topological polar surface area (TPSA) is 72.7 Å². The van der Waals surface area contributed by atoms with Crippen molar-refractivity contribution < 1.29 is 14.3 Å². The van der Waals surface area contributed by atoms with Crippen molar-refractivity contribution >= 4 is 57.2 Å². The molecule has 3 aromatic rings. The van der Waals surface area contributed by atoms with Crippen LogP contribution in [0.3, 0.4) is 0 Å². The zero-order chi connectivity index (χ0) is 16.9. The molecular formula is C15H12ClN3O3S2. The summed E-state index contributed by atoms with van der Waals surface area (Å²) in [5.74, 6) is -0.977. The molecule has 6 nitrogen and oxygen atoms in total. The van der Waals surface area contributed by atoms with Gasteiger partial charge in [0.15, 0.2) is 16.7 Å². The lowest BCUT2D eigenvalue weighted by atomic mass is 10.4. The molecule has 1 amide bonds. The largest absolute Gasteiger partial charge is 0.452 e. The van der Waals surface area contributed by atoms with Crippen LogP contribution in [0.2, 0.25) is 5.15 Å². The molecule has 3 rings (SSSR count). The van der Waals surface area contributed by atoms with Crippen LogP contribution < -0.4 is 5.32 Å². The highest BCUT2D eigenvalue weighted by atomic mass is 35.5. The monoisotopic (exact) mass is 381 g/mol. The summed E-state index contributed by atoms with van der Waals surface area (Å²) < 4.78 is 6.67. The Hall–Kier alpha value is -2.16. The van der Waals surface area contributed by atoms with E-state index in [2.05, 4.69) is 10.3 Å². The van der Waals surface area contributed by atoms with Crippen LogP contribution in [-0.2, 0) is 20.9 Å². The van der Waals surface area contributed by atoms with Gasteiger partial charge in [-0.3, -0.25) is 9.20 Å². The Bertz CT molecular complexity index is 883. The second-order valence-corrected chi connectivity index (χ2v) is 6.90. The average Bonchev–Trinajstić information content (AvgIpc) is 3.27. The molecule has 0 spiro atoms. The molecule has 0 atom stereocenters. The fourth-order valence-electron chi connectivity index (χ4n) is 1.91. The van der Waals surface area contributed by atoms with Gasteiger partial charge in [0.2, 0.25) is 0 Å². The average molecular weight is 382 g/mol. The number of imidazole rings is 1. The SMILES string of the molecule is O=C(COC(=O)C=Cc1c(Cl)nc2sccn12)NCc1cccs1. The summed E-state index contributed by atoms with van der Waals surface area (Å²) in [6, 6.07) is 3.82. The van der Waals surface area contributed by atoms with Crippen molar-refractivity contribution in [3.05, 3.63) is 50.9 Å². The summed E-state index contributed by atoms with van der Waals surface area (Å²) >= 11 is 9.00. The van der Waals surface area contributed by atoms with E-state index in [1.807, 2.05) is 29.1 Å². The minimum atomic E-state index is -0.623. The minimum absolute atomic E-state index is 0.305. The lowest BCUT2D eigenvalue weighted by Gasteiger charge is -2.03. The number of esters is 1. The molecule has 0 radical (unpaired) electrons. The summed E-state index contributed by atoms with van der Waals surface area (Å²) in [4.78, 5) is 29.3. The van der Waals surface area contributed by atoms with Crippen molar-refractivity contribution in [3.63, 3.8) is 0 Å². The molecule has 0 aliphatic carbocycles. The third kappa shape index (κ3) is 4.02. The number of halogens is 1. The summed E-state index contributed by atoms with van der Waals surface area (Å²) in [7, 11) is 0. The van der Waals surface area contributed by atoms with Crippen LogP contribution in [0.25, 0.3) is 11.0 Å². The van der Waals surface area contributed by atoms with E-state index in [1.165, 1.54) is 23.5 Å². The van der Waals surface area contributed by atoms with E-state index in [1.54, 1.807) is 15.7 Å². The van der Waals surface area contributed by atoms with Gasteiger partial charge in [-0.2, -0.15) is 0 Å². The Morgan fingerprint density at radius 1 is 1.38 bits per heavy atom. The highest BCUT2D eigenvalue weighted by Gasteiger charge is 2.10. The zero-order valence-corrected chi connectivity index (χ0v) is 14.7. The van der Waals surface area contributed by atoms with Gasteiger partial charge in [-0.1, -0.05) is 17.7 Å². The Balaban J connectivity index is 1.49. The van der Waals surface area contributed by atoms with Crippen LogP contribution in [0.4, 0.5) is 0 Å². The van der Waals surface area contributed by atoms with Crippen molar-refractivity contribution in [1.82, 2.24) is 14.7 Å². The number of carbonyl (C=O) groups excluding carboxylic acids is 2. The van der Waals surface area contributed by atoms with E-state index in [0.29, 0.717) is 17.4 Å². The molecule has 0 fully saturated rings. The second-order valence-electron chi connectivity index (χ2n) is 4.64. The Labute approximate surface area is 150 Å². The van der Waals surface area contributed by atoms with Crippen LogP contribution in [-0.4, -0.2) is 27.9 Å². The quantitative estimate of drug-likeness (QED) is 0.526. The molecule has 0 saturated carbocycles. The molecule has 0 unspecified atom stereocenters. The van der Waals surface area contributed by atoms with E-state index >= 15 is 0 Å². The maximum atomic E-state index is 11.7. The number of hydrogen-bond donors (Lipinski definition) is 1. The fourth-order valence-corrected chi connectivity index (χ4v) is 3.56. The van der Waals surface area contributed by atoms with Crippen molar-refractivity contribution in [1.29, 1.82) is 0 Å². The number of thiophene rings is 1. The first-order valence-electron chi connectivity index (χ1n) is 6.88. The molecule has 1 N–H and O–H groups in total. The molecule has 0 aliphatic heterocycles. The smallest absolute Gasteiger partial charge is 0.331 e. The molecule has 24 heavy (non-hydrogen) atoms. The predicted octanol–water partition coefficient (Wildman–Crippen LogP) is 2.98. The van der Waals surface area contributed by atoms with Gasteiger partial charge in [0.05, 0.1) is 12.2 Å². The standard InChI is InChI=1S/C15H12ClN3O3S2/c16-14-11(19-5-7-24-15(19)18-14)3-4-13(21)22-9-12(20)17-8-10-2-1-6-23-10/h1-7H,8-9H2,(H,17,20). The maximum Gasteiger partial charge on any atom is 0.331 e. The Kier molecular flexibility index (Phi) is 5.29. The van der Waals surface area contributed by atoms with E-state index in [0.717, 1.165) is 9.84 Å². The second kappa shape index (κ2) is 7.61. The molecule has 9 heteroatoms. The Morgan fingerprint density at radius 3 is 3.04 bits per heavy atom. The van der Waals surface area contributed by atoms with Crippen molar-refractivity contribution in [2.75, 3.05) is 6.61 Å². The minimum Gasteiger partial charge on any atom is -0.452 e. The van der Waals surface area contributed by atoms with Gasteiger partial charge in [-0.05, 0) is 17.5 Å². The van der Waals surface area contributed by atoms with E-state index in [9.17, 15) is 9.59 Å². The van der Waals surface area contributed by atoms with Gasteiger partial charge < -0.3 is 10.1 Å². The van der Waals surface area contributed by atoms with Crippen LogP contribution >= 0.6 is 34.3 Å². The summed E-state index contributed by atoms with van der Waals surface area (Å²) in [6.07, 6.45) is 4.54. The molecule has 0 bridgehead atoms. The number of thiazole rings is 1. The molecule has 124 valence electrons. The lowest BCUT2D eigenvalue weighted by molar-refractivity contribution is -0.143. The zero-order valence-electron chi connectivity index (χ0n) is 12.3. The number of aromatic nitrogens is 2. The molecule has 0 saturated heterocycles. The molecular weight excluding hydrogens is 370 g/mol. The number of rotatable bonds is 6. The molecule has 3 aromatic heterocycles. The summed E-state index contributed by atoms with van der Waals surface area (Å²) in [5.41, 5.74) is 0.590. The number of amides is 1. The molecule has 0 aromatic carbocycles. The maximum absolute atomic E-state index is 11.7. The Morgan fingerprint density at radius 2 is 2.25 bits per heavy atom. The number of fused-ring (bicyclic) bond motifs is 1. The van der Waals surface area contributed by atoms with Gasteiger partial charge in [0.25, 0.3) is 5.91 Å². The number of nitrogens with one attached hydrogen (secondary N) is 1. The van der Waals surface area contributed by atoms with Crippen LogP contribution in [0.5, 0.6) is 0 Å². The van der Waals surface area contributed by atoms with Gasteiger partial charge in [-0.25, -0.2) is 9.78 Å². The molecule has 0 aliphatic rings. The highest BCUT2D eigenvalue weighted by Crippen LogP contribution is 2.22. The van der Waals surface area contributed by atoms with Crippen molar-refractivity contribution in [3.8, 4) is 0 Å².